The maximum absolute atomic E-state index is 5.93. The van der Waals surface area contributed by atoms with E-state index >= 15 is 0 Å². The second-order valence-corrected chi connectivity index (χ2v) is 8.09. The van der Waals surface area contributed by atoms with Crippen molar-refractivity contribution >= 4 is 29.9 Å². The molecule has 0 bridgehead atoms. The lowest BCUT2D eigenvalue weighted by Crippen LogP contribution is -2.68. The van der Waals surface area contributed by atoms with Crippen LogP contribution in [-0.4, -0.2) is 31.3 Å². The molecule has 152 valence electrons. The monoisotopic (exact) mass is 495 g/mol. The maximum Gasteiger partial charge on any atom is 0.191 e. The van der Waals surface area contributed by atoms with Gasteiger partial charge in [-0.3, -0.25) is 0 Å². The number of benzene rings is 1. The molecule has 28 heavy (non-hydrogen) atoms. The zero-order chi connectivity index (χ0) is 18.7. The van der Waals surface area contributed by atoms with E-state index in [1.54, 1.807) is 6.26 Å². The SMILES string of the molecule is CC1(C)C(NC(=NCc2ccccc2)NCCc2ccco2)C2CCOC21.I. The van der Waals surface area contributed by atoms with Gasteiger partial charge in [-0.25, -0.2) is 4.99 Å². The summed E-state index contributed by atoms with van der Waals surface area (Å²) in [4.78, 5) is 4.84. The van der Waals surface area contributed by atoms with Crippen molar-refractivity contribution in [2.75, 3.05) is 13.2 Å². The molecule has 4 rings (SSSR count). The smallest absolute Gasteiger partial charge is 0.191 e. The number of ether oxygens (including phenoxy) is 1. The Bertz CT molecular complexity index is 761. The molecule has 1 saturated heterocycles. The van der Waals surface area contributed by atoms with E-state index in [0.29, 0.717) is 24.6 Å². The second-order valence-electron chi connectivity index (χ2n) is 8.09. The number of rotatable bonds is 6. The highest BCUT2D eigenvalue weighted by Gasteiger charge is 2.59. The number of halogens is 1. The van der Waals surface area contributed by atoms with E-state index in [-0.39, 0.29) is 29.4 Å². The lowest BCUT2D eigenvalue weighted by molar-refractivity contribution is -0.106. The Hall–Kier alpha value is -1.54. The predicted octanol–water partition coefficient (Wildman–Crippen LogP) is 3.99. The first-order valence-electron chi connectivity index (χ1n) is 9.87. The highest BCUT2D eigenvalue weighted by molar-refractivity contribution is 14.0. The van der Waals surface area contributed by atoms with Crippen molar-refractivity contribution in [2.24, 2.45) is 16.3 Å². The fraction of sp³-hybridized carbons (Fsp3) is 0.500. The van der Waals surface area contributed by atoms with Crippen molar-refractivity contribution in [1.82, 2.24) is 10.6 Å². The largest absolute Gasteiger partial charge is 0.469 e. The van der Waals surface area contributed by atoms with E-state index in [1.165, 1.54) is 5.56 Å². The quantitative estimate of drug-likeness (QED) is 0.362. The molecular formula is C22H30IN3O2. The minimum absolute atomic E-state index is 0. The van der Waals surface area contributed by atoms with Gasteiger partial charge in [0.25, 0.3) is 0 Å². The minimum Gasteiger partial charge on any atom is -0.469 e. The van der Waals surface area contributed by atoms with Crippen LogP contribution in [0.2, 0.25) is 0 Å². The van der Waals surface area contributed by atoms with Crippen LogP contribution in [-0.2, 0) is 17.7 Å². The molecule has 0 radical (unpaired) electrons. The zero-order valence-electron chi connectivity index (χ0n) is 16.6. The Kier molecular flexibility index (Phi) is 7.04. The molecule has 6 heteroatoms. The van der Waals surface area contributed by atoms with Crippen molar-refractivity contribution in [2.45, 2.75) is 45.4 Å². The van der Waals surface area contributed by atoms with Crippen LogP contribution >= 0.6 is 24.0 Å². The van der Waals surface area contributed by atoms with Crippen LogP contribution in [0, 0.1) is 11.3 Å². The predicted molar refractivity (Wildman–Crippen MR) is 122 cm³/mol. The summed E-state index contributed by atoms with van der Waals surface area (Å²) in [5.74, 6) is 2.43. The highest BCUT2D eigenvalue weighted by atomic mass is 127. The van der Waals surface area contributed by atoms with Crippen LogP contribution in [0.1, 0.15) is 31.6 Å². The molecule has 1 aliphatic heterocycles. The lowest BCUT2D eigenvalue weighted by Gasteiger charge is -2.54. The van der Waals surface area contributed by atoms with Crippen LogP contribution in [0.4, 0.5) is 0 Å². The lowest BCUT2D eigenvalue weighted by atomic mass is 9.57. The molecule has 2 N–H and O–H groups in total. The summed E-state index contributed by atoms with van der Waals surface area (Å²) in [5, 5.41) is 7.18. The molecule has 5 nitrogen and oxygen atoms in total. The van der Waals surface area contributed by atoms with E-state index in [9.17, 15) is 0 Å². The molecule has 3 atom stereocenters. The number of aliphatic imine (C=N–C) groups is 1. The van der Waals surface area contributed by atoms with Crippen molar-refractivity contribution in [3.63, 3.8) is 0 Å². The van der Waals surface area contributed by atoms with Gasteiger partial charge in [-0.1, -0.05) is 44.2 Å². The number of hydrogen-bond acceptors (Lipinski definition) is 3. The summed E-state index contributed by atoms with van der Waals surface area (Å²) in [6.45, 7) is 6.89. The summed E-state index contributed by atoms with van der Waals surface area (Å²) >= 11 is 0. The van der Waals surface area contributed by atoms with Crippen LogP contribution in [0.25, 0.3) is 0 Å². The van der Waals surface area contributed by atoms with Crippen LogP contribution in [0.5, 0.6) is 0 Å². The summed E-state index contributed by atoms with van der Waals surface area (Å²) in [5.41, 5.74) is 1.33. The fourth-order valence-electron chi connectivity index (χ4n) is 4.43. The Morgan fingerprint density at radius 2 is 2.00 bits per heavy atom. The van der Waals surface area contributed by atoms with Crippen LogP contribution in [0.15, 0.2) is 58.1 Å². The topological polar surface area (TPSA) is 58.8 Å². The minimum atomic E-state index is 0. The molecule has 2 aromatic rings. The first kappa shape index (κ1) is 21.2. The van der Waals surface area contributed by atoms with Crippen molar-refractivity contribution in [3.8, 4) is 0 Å². The fourth-order valence-corrected chi connectivity index (χ4v) is 4.43. The van der Waals surface area contributed by atoms with Crippen LogP contribution < -0.4 is 10.6 Å². The molecule has 2 aliphatic rings. The van der Waals surface area contributed by atoms with E-state index in [4.69, 9.17) is 14.1 Å². The normalized spacial score (nSPS) is 25.4. The summed E-state index contributed by atoms with van der Waals surface area (Å²) in [6, 6.07) is 14.7. The van der Waals surface area contributed by atoms with Gasteiger partial charge in [0.2, 0.25) is 0 Å². The van der Waals surface area contributed by atoms with E-state index in [2.05, 4.69) is 48.7 Å². The van der Waals surface area contributed by atoms with Crippen molar-refractivity contribution < 1.29 is 9.15 Å². The third-order valence-corrected chi connectivity index (χ3v) is 5.90. The Labute approximate surface area is 184 Å². The Morgan fingerprint density at radius 1 is 1.18 bits per heavy atom. The first-order valence-corrected chi connectivity index (χ1v) is 9.87. The van der Waals surface area contributed by atoms with E-state index < -0.39 is 0 Å². The van der Waals surface area contributed by atoms with Gasteiger partial charge >= 0.3 is 0 Å². The van der Waals surface area contributed by atoms with Crippen molar-refractivity contribution in [1.29, 1.82) is 0 Å². The third-order valence-electron chi connectivity index (χ3n) is 5.90. The first-order chi connectivity index (χ1) is 13.1. The number of hydrogen-bond donors (Lipinski definition) is 2. The molecule has 1 aromatic carbocycles. The molecule has 1 aromatic heterocycles. The maximum atomic E-state index is 5.93. The summed E-state index contributed by atoms with van der Waals surface area (Å²) in [6.07, 6.45) is 4.05. The molecule has 2 fully saturated rings. The molecule has 0 spiro atoms. The third kappa shape index (κ3) is 4.54. The van der Waals surface area contributed by atoms with Gasteiger partial charge in [0.15, 0.2) is 5.96 Å². The number of furan rings is 1. The molecule has 2 heterocycles. The summed E-state index contributed by atoms with van der Waals surface area (Å²) < 4.78 is 11.4. The van der Waals surface area contributed by atoms with E-state index in [0.717, 1.165) is 37.7 Å². The van der Waals surface area contributed by atoms with Crippen LogP contribution in [0.3, 0.4) is 0 Å². The molecule has 1 aliphatic carbocycles. The van der Waals surface area contributed by atoms with Gasteiger partial charge in [-0.15, -0.1) is 24.0 Å². The number of nitrogens with one attached hydrogen (secondary N) is 2. The second kappa shape index (κ2) is 9.31. The zero-order valence-corrected chi connectivity index (χ0v) is 18.9. The van der Waals surface area contributed by atoms with Gasteiger partial charge in [0.1, 0.15) is 5.76 Å². The number of nitrogens with zero attached hydrogens (tertiary/aromatic N) is 1. The Balaban J connectivity index is 0.00000225. The Morgan fingerprint density at radius 3 is 2.75 bits per heavy atom. The highest BCUT2D eigenvalue weighted by Crippen LogP contribution is 2.52. The van der Waals surface area contributed by atoms with Gasteiger partial charge in [0.05, 0.1) is 18.9 Å². The van der Waals surface area contributed by atoms with Gasteiger partial charge in [-0.2, -0.15) is 0 Å². The van der Waals surface area contributed by atoms with Gasteiger partial charge in [-0.05, 0) is 24.1 Å². The van der Waals surface area contributed by atoms with Crippen molar-refractivity contribution in [3.05, 3.63) is 60.1 Å². The molecule has 0 amide bonds. The molecule has 3 unspecified atom stereocenters. The molecular weight excluding hydrogens is 465 g/mol. The van der Waals surface area contributed by atoms with Gasteiger partial charge < -0.3 is 19.8 Å². The average molecular weight is 495 g/mol. The number of guanidine groups is 1. The van der Waals surface area contributed by atoms with Gasteiger partial charge in [0, 0.05) is 36.9 Å². The standard InChI is InChI=1S/C22H29N3O2.HI/c1-22(2)19(18-11-14-27-20(18)22)25-21(23-12-10-17-9-6-13-26-17)24-15-16-7-4-3-5-8-16;/h3-9,13,18-20H,10-12,14-15H2,1-2H3,(H2,23,24,25);1H. The van der Waals surface area contributed by atoms with E-state index in [1.807, 2.05) is 18.2 Å². The molecule has 1 saturated carbocycles. The summed E-state index contributed by atoms with van der Waals surface area (Å²) in [7, 11) is 0. The average Bonchev–Trinajstić information content (AvgIpc) is 3.35. The number of fused-ring (bicyclic) bond motifs is 1.